The highest BCUT2D eigenvalue weighted by Crippen LogP contribution is 2.35. The van der Waals surface area contributed by atoms with E-state index in [1.54, 1.807) is 0 Å². The molecule has 0 spiro atoms. The van der Waals surface area contributed by atoms with Gasteiger partial charge in [0, 0.05) is 6.04 Å². The minimum Gasteiger partial charge on any atom is -0.323 e. The van der Waals surface area contributed by atoms with Crippen LogP contribution in [0.1, 0.15) is 39.5 Å². The SMILES string of the molecule is CCC1NCC(=O)N1C(C)CC1CC1. The van der Waals surface area contributed by atoms with Gasteiger partial charge in [0.15, 0.2) is 0 Å². The van der Waals surface area contributed by atoms with E-state index in [0.717, 1.165) is 12.3 Å². The quantitative estimate of drug-likeness (QED) is 0.736. The van der Waals surface area contributed by atoms with E-state index in [1.807, 2.05) is 0 Å². The molecular formula is C11H20N2O. The smallest absolute Gasteiger partial charge is 0.238 e. The fraction of sp³-hybridized carbons (Fsp3) is 0.909. The highest BCUT2D eigenvalue weighted by Gasteiger charge is 2.35. The zero-order valence-corrected chi connectivity index (χ0v) is 9.12. The molecule has 2 aliphatic rings. The van der Waals surface area contributed by atoms with E-state index in [4.69, 9.17) is 0 Å². The molecule has 2 unspecified atom stereocenters. The van der Waals surface area contributed by atoms with Gasteiger partial charge in [-0.3, -0.25) is 10.1 Å². The van der Waals surface area contributed by atoms with Gasteiger partial charge in [-0.1, -0.05) is 19.8 Å². The Morgan fingerprint density at radius 3 is 2.86 bits per heavy atom. The topological polar surface area (TPSA) is 32.3 Å². The fourth-order valence-electron chi connectivity index (χ4n) is 2.41. The van der Waals surface area contributed by atoms with Gasteiger partial charge in [-0.15, -0.1) is 0 Å². The lowest BCUT2D eigenvalue weighted by molar-refractivity contribution is -0.130. The maximum Gasteiger partial charge on any atom is 0.238 e. The van der Waals surface area contributed by atoms with E-state index < -0.39 is 0 Å². The molecular weight excluding hydrogens is 176 g/mol. The van der Waals surface area contributed by atoms with Gasteiger partial charge in [0.25, 0.3) is 0 Å². The van der Waals surface area contributed by atoms with E-state index >= 15 is 0 Å². The van der Waals surface area contributed by atoms with Crippen LogP contribution in [-0.2, 0) is 4.79 Å². The van der Waals surface area contributed by atoms with Crippen molar-refractivity contribution in [2.75, 3.05) is 6.54 Å². The number of rotatable bonds is 4. The molecule has 1 amide bonds. The number of carbonyl (C=O) groups excluding carboxylic acids is 1. The zero-order valence-electron chi connectivity index (χ0n) is 9.12. The molecule has 1 aliphatic carbocycles. The zero-order chi connectivity index (χ0) is 10.1. The van der Waals surface area contributed by atoms with E-state index in [-0.39, 0.29) is 12.1 Å². The van der Waals surface area contributed by atoms with Crippen LogP contribution in [0.3, 0.4) is 0 Å². The molecule has 2 rings (SSSR count). The molecule has 2 atom stereocenters. The lowest BCUT2D eigenvalue weighted by Gasteiger charge is -2.29. The summed E-state index contributed by atoms with van der Waals surface area (Å²) in [5.74, 6) is 1.18. The first-order chi connectivity index (χ1) is 6.72. The Hall–Kier alpha value is -0.570. The third-order valence-electron chi connectivity index (χ3n) is 3.35. The van der Waals surface area contributed by atoms with E-state index in [0.29, 0.717) is 12.6 Å². The van der Waals surface area contributed by atoms with Crippen molar-refractivity contribution in [3.8, 4) is 0 Å². The summed E-state index contributed by atoms with van der Waals surface area (Å²) < 4.78 is 0. The Balaban J connectivity index is 1.94. The van der Waals surface area contributed by atoms with E-state index in [9.17, 15) is 4.79 Å². The van der Waals surface area contributed by atoms with Gasteiger partial charge in [-0.05, 0) is 25.7 Å². The first kappa shape index (κ1) is 9.97. The molecule has 0 aromatic rings. The van der Waals surface area contributed by atoms with Crippen LogP contribution in [0.2, 0.25) is 0 Å². The Morgan fingerprint density at radius 1 is 1.57 bits per heavy atom. The van der Waals surface area contributed by atoms with Crippen molar-refractivity contribution in [2.24, 2.45) is 5.92 Å². The minimum absolute atomic E-state index is 0.282. The van der Waals surface area contributed by atoms with Crippen molar-refractivity contribution < 1.29 is 4.79 Å². The first-order valence-electron chi connectivity index (χ1n) is 5.77. The summed E-state index contributed by atoms with van der Waals surface area (Å²) in [5.41, 5.74) is 0. The third kappa shape index (κ3) is 1.92. The fourth-order valence-corrected chi connectivity index (χ4v) is 2.41. The molecule has 1 saturated heterocycles. The van der Waals surface area contributed by atoms with Gasteiger partial charge in [0.05, 0.1) is 12.7 Å². The van der Waals surface area contributed by atoms with Gasteiger partial charge < -0.3 is 4.90 Å². The van der Waals surface area contributed by atoms with Gasteiger partial charge in [0.1, 0.15) is 0 Å². The van der Waals surface area contributed by atoms with Crippen molar-refractivity contribution >= 4 is 5.91 Å². The average molecular weight is 196 g/mol. The second-order valence-corrected chi connectivity index (χ2v) is 4.63. The molecule has 0 aromatic heterocycles. The Kier molecular flexibility index (Phi) is 2.77. The predicted molar refractivity (Wildman–Crippen MR) is 55.7 cm³/mol. The largest absolute Gasteiger partial charge is 0.323 e. The summed E-state index contributed by atoms with van der Waals surface area (Å²) in [5, 5.41) is 3.26. The highest BCUT2D eigenvalue weighted by molar-refractivity contribution is 5.80. The van der Waals surface area contributed by atoms with Crippen LogP contribution >= 0.6 is 0 Å². The normalized spacial score (nSPS) is 29.7. The van der Waals surface area contributed by atoms with Crippen LogP contribution in [0.4, 0.5) is 0 Å². The molecule has 14 heavy (non-hydrogen) atoms. The second kappa shape index (κ2) is 3.89. The van der Waals surface area contributed by atoms with Crippen molar-refractivity contribution in [1.29, 1.82) is 0 Å². The number of nitrogens with zero attached hydrogens (tertiary/aromatic N) is 1. The second-order valence-electron chi connectivity index (χ2n) is 4.63. The summed E-state index contributed by atoms with van der Waals surface area (Å²) in [6.07, 6.45) is 5.24. The van der Waals surface area contributed by atoms with Crippen molar-refractivity contribution in [1.82, 2.24) is 10.2 Å². The monoisotopic (exact) mass is 196 g/mol. The molecule has 80 valence electrons. The molecule has 1 N–H and O–H groups in total. The molecule has 3 nitrogen and oxygen atoms in total. The molecule has 2 fully saturated rings. The van der Waals surface area contributed by atoms with Crippen LogP contribution in [-0.4, -0.2) is 29.6 Å². The lowest BCUT2D eigenvalue weighted by atomic mass is 10.1. The van der Waals surface area contributed by atoms with E-state index in [2.05, 4.69) is 24.1 Å². The van der Waals surface area contributed by atoms with Crippen molar-refractivity contribution in [3.63, 3.8) is 0 Å². The Morgan fingerprint density at radius 2 is 2.29 bits per heavy atom. The maximum atomic E-state index is 11.7. The molecule has 3 heteroatoms. The first-order valence-corrected chi connectivity index (χ1v) is 5.77. The van der Waals surface area contributed by atoms with Crippen molar-refractivity contribution in [2.45, 2.75) is 51.7 Å². The average Bonchev–Trinajstić information content (AvgIpc) is 2.87. The molecule has 1 aliphatic heterocycles. The van der Waals surface area contributed by atoms with E-state index in [1.165, 1.54) is 19.3 Å². The summed E-state index contributed by atoms with van der Waals surface area (Å²) in [6, 6.07) is 0.426. The molecule has 1 heterocycles. The van der Waals surface area contributed by atoms with Crippen LogP contribution in [0.5, 0.6) is 0 Å². The number of hydrogen-bond acceptors (Lipinski definition) is 2. The predicted octanol–water partition coefficient (Wildman–Crippen LogP) is 1.34. The Bertz CT molecular complexity index is 225. The Labute approximate surface area is 85.8 Å². The molecule has 0 bridgehead atoms. The van der Waals surface area contributed by atoms with Gasteiger partial charge in [-0.2, -0.15) is 0 Å². The molecule has 0 radical (unpaired) electrons. The standard InChI is InChI=1S/C11H20N2O/c1-3-10-12-7-11(14)13(10)8(2)6-9-4-5-9/h8-10,12H,3-7H2,1-2H3. The molecule has 0 aromatic carbocycles. The molecule has 1 saturated carbocycles. The summed E-state index contributed by atoms with van der Waals surface area (Å²) in [4.78, 5) is 13.7. The number of nitrogens with one attached hydrogen (secondary N) is 1. The highest BCUT2D eigenvalue weighted by atomic mass is 16.2. The minimum atomic E-state index is 0.282. The maximum absolute atomic E-state index is 11.7. The number of carbonyl (C=O) groups is 1. The third-order valence-corrected chi connectivity index (χ3v) is 3.35. The van der Waals surface area contributed by atoms with Crippen LogP contribution in [0, 0.1) is 5.92 Å². The summed E-state index contributed by atoms with van der Waals surface area (Å²) >= 11 is 0. The van der Waals surface area contributed by atoms with Gasteiger partial charge in [-0.25, -0.2) is 0 Å². The van der Waals surface area contributed by atoms with Gasteiger partial charge >= 0.3 is 0 Å². The summed E-state index contributed by atoms with van der Waals surface area (Å²) in [6.45, 7) is 4.85. The van der Waals surface area contributed by atoms with Crippen LogP contribution < -0.4 is 5.32 Å². The van der Waals surface area contributed by atoms with Crippen molar-refractivity contribution in [3.05, 3.63) is 0 Å². The van der Waals surface area contributed by atoms with Gasteiger partial charge in [0.2, 0.25) is 5.91 Å². The van der Waals surface area contributed by atoms with Crippen LogP contribution in [0.15, 0.2) is 0 Å². The lowest BCUT2D eigenvalue weighted by Crippen LogP contribution is -2.43. The number of hydrogen-bond donors (Lipinski definition) is 1. The summed E-state index contributed by atoms with van der Waals surface area (Å²) in [7, 11) is 0. The number of amides is 1. The van der Waals surface area contributed by atoms with Crippen LogP contribution in [0.25, 0.3) is 0 Å².